The molecule has 0 amide bonds. The van der Waals surface area contributed by atoms with E-state index in [4.69, 9.17) is 47.3 Å². The number of rotatable bonds is 5. The van der Waals surface area contributed by atoms with Crippen molar-refractivity contribution < 1.29 is 55.6 Å². The largest absolute Gasteiger partial charge is 0.490 e. The zero-order valence-electron chi connectivity index (χ0n) is 16.0. The second-order valence-electron chi connectivity index (χ2n) is 5.83. The Balaban J connectivity index is 0.000000570. The Bertz CT molecular complexity index is 756. The highest BCUT2D eigenvalue weighted by Crippen LogP contribution is 2.24. The highest BCUT2D eigenvalue weighted by molar-refractivity contribution is 6.32. The van der Waals surface area contributed by atoms with Crippen LogP contribution in [0.1, 0.15) is 6.42 Å². The van der Waals surface area contributed by atoms with Crippen LogP contribution >= 0.6 is 11.6 Å². The van der Waals surface area contributed by atoms with Gasteiger partial charge < -0.3 is 25.0 Å². The van der Waals surface area contributed by atoms with Crippen molar-refractivity contribution in [3.63, 3.8) is 0 Å². The van der Waals surface area contributed by atoms with E-state index >= 15 is 0 Å². The van der Waals surface area contributed by atoms with Gasteiger partial charge in [0.1, 0.15) is 19.0 Å². The summed E-state index contributed by atoms with van der Waals surface area (Å²) in [6.45, 7) is 1.77. The van der Waals surface area contributed by atoms with Crippen molar-refractivity contribution in [2.24, 2.45) is 0 Å². The zero-order chi connectivity index (χ0) is 24.9. The fourth-order valence-electron chi connectivity index (χ4n) is 1.95. The third kappa shape index (κ3) is 12.9. The molecule has 0 radical (unpaired) electrons. The van der Waals surface area contributed by atoms with E-state index in [1.165, 1.54) is 0 Å². The number of halogens is 7. The van der Waals surface area contributed by atoms with Gasteiger partial charge in [0.2, 0.25) is 0 Å². The van der Waals surface area contributed by atoms with Crippen LogP contribution in [0.5, 0.6) is 5.75 Å². The number of hydrogen-bond donors (Lipinski definition) is 3. The topological polar surface area (TPSA) is 105 Å². The smallest absolute Gasteiger partial charge is 0.490 e. The molecule has 1 aliphatic rings. The quantitative estimate of drug-likeness (QED) is 0.427. The maximum atomic E-state index is 10.6. The van der Waals surface area contributed by atoms with E-state index in [1.54, 1.807) is 0 Å². The normalized spacial score (nSPS) is 17.7. The molecular weight excluding hydrogens is 476 g/mol. The predicted molar refractivity (Wildman–Crippen MR) is 99.3 cm³/mol. The molecule has 1 aromatic rings. The highest BCUT2D eigenvalue weighted by Gasteiger charge is 2.38. The van der Waals surface area contributed by atoms with Crippen LogP contribution in [0, 0.1) is 12.3 Å². The molecule has 2 rings (SSSR count). The Labute approximate surface area is 183 Å². The Morgan fingerprint density at radius 2 is 1.62 bits per heavy atom. The molecule has 7 nitrogen and oxygen atoms in total. The lowest BCUT2D eigenvalue weighted by atomic mass is 10.2. The number of aliphatic carboxylic acids is 2. The van der Waals surface area contributed by atoms with Gasteiger partial charge in [-0.15, -0.1) is 6.42 Å². The number of terminal acetylenes is 1. The van der Waals surface area contributed by atoms with E-state index in [-0.39, 0.29) is 12.1 Å². The molecule has 180 valence electrons. The fraction of sp³-hybridized carbons (Fsp3) is 0.444. The Morgan fingerprint density at radius 1 is 1.12 bits per heavy atom. The van der Waals surface area contributed by atoms with Crippen molar-refractivity contribution in [2.45, 2.75) is 30.9 Å². The summed E-state index contributed by atoms with van der Waals surface area (Å²) in [7, 11) is 0. The van der Waals surface area contributed by atoms with Crippen LogP contribution in [0.25, 0.3) is 0 Å². The highest BCUT2D eigenvalue weighted by atomic mass is 35.5. The third-order valence-corrected chi connectivity index (χ3v) is 3.66. The van der Waals surface area contributed by atoms with E-state index in [0.29, 0.717) is 24.0 Å². The third-order valence-electron chi connectivity index (χ3n) is 3.35. The Kier molecular flexibility index (Phi) is 12.5. The van der Waals surface area contributed by atoms with E-state index in [1.807, 2.05) is 24.3 Å². The molecule has 1 heterocycles. The van der Waals surface area contributed by atoms with Crippen LogP contribution in [-0.2, 0) is 14.3 Å². The van der Waals surface area contributed by atoms with Crippen LogP contribution in [0.3, 0.4) is 0 Å². The number of hydrogen-bond acceptors (Lipinski definition) is 5. The van der Waals surface area contributed by atoms with Crippen LogP contribution < -0.4 is 10.1 Å². The first-order valence-electron chi connectivity index (χ1n) is 8.44. The van der Waals surface area contributed by atoms with Crippen molar-refractivity contribution in [3.05, 3.63) is 29.3 Å². The number of nitrogens with one attached hydrogen (secondary N) is 1. The summed E-state index contributed by atoms with van der Waals surface area (Å²) in [5.41, 5.74) is 0. The molecule has 0 spiro atoms. The van der Waals surface area contributed by atoms with Gasteiger partial charge in [-0.1, -0.05) is 29.7 Å². The first-order valence-corrected chi connectivity index (χ1v) is 8.82. The van der Waals surface area contributed by atoms with E-state index in [9.17, 15) is 26.3 Å². The molecule has 32 heavy (non-hydrogen) atoms. The van der Waals surface area contributed by atoms with Gasteiger partial charge in [0.25, 0.3) is 0 Å². The monoisotopic (exact) mass is 493 g/mol. The SMILES string of the molecule is C#CCO[C@@H]1CN[C@@H](COc2ccccc2Cl)C1.O=C(O)C(F)(F)F.O=C(O)C(F)(F)F. The summed E-state index contributed by atoms with van der Waals surface area (Å²) >= 11 is 6.01. The number of carbonyl (C=O) groups is 2. The predicted octanol–water partition coefficient (Wildman–Crippen LogP) is 3.37. The van der Waals surface area contributed by atoms with E-state index in [0.717, 1.165) is 13.0 Å². The van der Waals surface area contributed by atoms with Crippen molar-refractivity contribution in [3.8, 4) is 18.1 Å². The molecule has 3 N–H and O–H groups in total. The average Bonchev–Trinajstić information content (AvgIpc) is 3.13. The number of para-hydroxylation sites is 1. The first kappa shape index (κ1) is 29.3. The Morgan fingerprint density at radius 3 is 2.06 bits per heavy atom. The summed E-state index contributed by atoms with van der Waals surface area (Å²) in [4.78, 5) is 17.8. The lowest BCUT2D eigenvalue weighted by Crippen LogP contribution is -2.28. The second kappa shape index (κ2) is 13.7. The lowest BCUT2D eigenvalue weighted by molar-refractivity contribution is -0.193. The molecule has 1 aromatic carbocycles. The average molecular weight is 494 g/mol. The van der Waals surface area contributed by atoms with E-state index in [2.05, 4.69) is 11.2 Å². The summed E-state index contributed by atoms with van der Waals surface area (Å²) in [5, 5.41) is 18.2. The molecule has 0 unspecified atom stereocenters. The van der Waals surface area contributed by atoms with Gasteiger partial charge >= 0.3 is 24.3 Å². The van der Waals surface area contributed by atoms with Crippen LogP contribution in [0.2, 0.25) is 5.02 Å². The van der Waals surface area contributed by atoms with Gasteiger partial charge in [-0.25, -0.2) is 9.59 Å². The fourth-order valence-corrected chi connectivity index (χ4v) is 2.14. The lowest BCUT2D eigenvalue weighted by Gasteiger charge is -2.13. The second-order valence-corrected chi connectivity index (χ2v) is 6.23. The molecule has 1 fully saturated rings. The van der Waals surface area contributed by atoms with Crippen molar-refractivity contribution >= 4 is 23.5 Å². The Hall–Kier alpha value is -2.69. The van der Waals surface area contributed by atoms with Crippen LogP contribution in [0.15, 0.2) is 24.3 Å². The van der Waals surface area contributed by atoms with Gasteiger partial charge in [-0.3, -0.25) is 0 Å². The van der Waals surface area contributed by atoms with Crippen molar-refractivity contribution in [1.82, 2.24) is 5.32 Å². The summed E-state index contributed by atoms with van der Waals surface area (Å²) in [6.07, 6.45) is -3.92. The first-order chi connectivity index (χ1) is 14.7. The van der Waals surface area contributed by atoms with Gasteiger partial charge in [0.05, 0.1) is 11.1 Å². The number of carboxylic acids is 2. The molecule has 14 heteroatoms. The molecule has 1 aliphatic heterocycles. The number of benzene rings is 1. The summed E-state index contributed by atoms with van der Waals surface area (Å²) in [5.74, 6) is -2.32. The standard InChI is InChI=1S/C14H16ClNO2.2C2HF3O2/c1-2-7-17-12-8-11(16-9-12)10-18-14-6-4-3-5-13(14)15;2*3-2(4,5)1(6)7/h1,3-6,11-12,16H,7-10H2;2*(H,6,7)/t11-,12+;;/m1../s1. The molecule has 2 atom stereocenters. The molecule has 0 aromatic heterocycles. The van der Waals surface area contributed by atoms with Gasteiger partial charge in [0, 0.05) is 12.6 Å². The molecule has 0 saturated carbocycles. The minimum absolute atomic E-state index is 0.181. The molecular formula is C18H18ClF6NO6. The minimum atomic E-state index is -5.08. The molecule has 0 bridgehead atoms. The van der Waals surface area contributed by atoms with Crippen LogP contribution in [0.4, 0.5) is 26.3 Å². The summed E-state index contributed by atoms with van der Waals surface area (Å²) in [6, 6.07) is 7.75. The molecule has 0 aliphatic carbocycles. The minimum Gasteiger partial charge on any atom is -0.490 e. The van der Waals surface area contributed by atoms with Gasteiger partial charge in [-0.05, 0) is 18.6 Å². The van der Waals surface area contributed by atoms with Gasteiger partial charge in [0.15, 0.2) is 0 Å². The maximum Gasteiger partial charge on any atom is 0.490 e. The van der Waals surface area contributed by atoms with Gasteiger partial charge in [-0.2, -0.15) is 26.3 Å². The zero-order valence-corrected chi connectivity index (χ0v) is 16.8. The van der Waals surface area contributed by atoms with E-state index < -0.39 is 24.3 Å². The maximum absolute atomic E-state index is 10.6. The number of ether oxygens (including phenoxy) is 2. The molecule has 1 saturated heterocycles. The van der Waals surface area contributed by atoms with Crippen molar-refractivity contribution in [2.75, 3.05) is 19.8 Å². The van der Waals surface area contributed by atoms with Crippen LogP contribution in [-0.4, -0.2) is 66.4 Å². The summed E-state index contributed by atoms with van der Waals surface area (Å²) < 4.78 is 74.6. The van der Waals surface area contributed by atoms with Crippen molar-refractivity contribution in [1.29, 1.82) is 0 Å². The number of carboxylic acid groups (broad SMARTS) is 2. The number of alkyl halides is 6.